The van der Waals surface area contributed by atoms with E-state index < -0.39 is 23.8 Å². The van der Waals surface area contributed by atoms with Crippen LogP contribution in [-0.4, -0.2) is 37.5 Å². The molecular weight excluding hydrogens is 390 g/mol. The summed E-state index contributed by atoms with van der Waals surface area (Å²) in [6.07, 6.45) is -0.411. The number of para-hydroxylation sites is 2. The summed E-state index contributed by atoms with van der Waals surface area (Å²) in [7, 11) is 1.48. The molecule has 30 heavy (non-hydrogen) atoms. The summed E-state index contributed by atoms with van der Waals surface area (Å²) in [5.74, 6) is -0.117. The van der Waals surface area contributed by atoms with Crippen molar-refractivity contribution in [1.82, 2.24) is 10.9 Å². The van der Waals surface area contributed by atoms with Crippen LogP contribution in [-0.2, 0) is 9.59 Å². The predicted molar refractivity (Wildman–Crippen MR) is 108 cm³/mol. The lowest BCUT2D eigenvalue weighted by Crippen LogP contribution is -2.46. The molecule has 2 aromatic carbocycles. The molecule has 0 saturated carbocycles. The Hall–Kier alpha value is -3.75. The highest BCUT2D eigenvalue weighted by molar-refractivity contribution is 6.00. The zero-order valence-corrected chi connectivity index (χ0v) is 16.7. The van der Waals surface area contributed by atoms with Gasteiger partial charge in [0, 0.05) is 5.56 Å². The Morgan fingerprint density at radius 3 is 2.70 bits per heavy atom. The second kappa shape index (κ2) is 9.64. The number of benzene rings is 2. The van der Waals surface area contributed by atoms with Gasteiger partial charge in [0.1, 0.15) is 5.75 Å². The minimum atomic E-state index is -0.994. The van der Waals surface area contributed by atoms with Gasteiger partial charge in [0.25, 0.3) is 11.8 Å². The lowest BCUT2D eigenvalue weighted by atomic mass is 10.1. The Bertz CT molecular complexity index is 946. The molecule has 0 saturated heterocycles. The third kappa shape index (κ3) is 4.99. The van der Waals surface area contributed by atoms with Crippen molar-refractivity contribution in [3.63, 3.8) is 0 Å². The van der Waals surface area contributed by atoms with Crippen LogP contribution in [0.5, 0.6) is 17.2 Å². The lowest BCUT2D eigenvalue weighted by Gasteiger charge is -2.25. The third-order valence-corrected chi connectivity index (χ3v) is 4.28. The molecule has 9 nitrogen and oxygen atoms in total. The molecule has 3 rings (SSSR count). The molecule has 0 bridgehead atoms. The Morgan fingerprint density at radius 2 is 1.93 bits per heavy atom. The van der Waals surface area contributed by atoms with Gasteiger partial charge >= 0.3 is 0 Å². The quantitative estimate of drug-likeness (QED) is 0.599. The SMILES string of the molecule is CCCOc1ccc(C(=O)NNC(=O)C[C@@H]2Oc3ccccc3NC2=O)cc1OC. The number of ether oxygens (including phenoxy) is 3. The highest BCUT2D eigenvalue weighted by atomic mass is 16.5. The van der Waals surface area contributed by atoms with E-state index >= 15 is 0 Å². The monoisotopic (exact) mass is 413 g/mol. The maximum Gasteiger partial charge on any atom is 0.269 e. The van der Waals surface area contributed by atoms with Crippen LogP contribution in [0.25, 0.3) is 0 Å². The normalized spacial score (nSPS) is 14.6. The van der Waals surface area contributed by atoms with Crippen LogP contribution in [0.4, 0.5) is 5.69 Å². The number of hydrogen-bond acceptors (Lipinski definition) is 6. The maximum absolute atomic E-state index is 12.3. The minimum Gasteiger partial charge on any atom is -0.493 e. The maximum atomic E-state index is 12.3. The number of carbonyl (C=O) groups is 3. The molecule has 0 aromatic heterocycles. The summed E-state index contributed by atoms with van der Waals surface area (Å²) in [6.45, 7) is 2.51. The molecule has 0 fully saturated rings. The van der Waals surface area contributed by atoms with Crippen molar-refractivity contribution < 1.29 is 28.6 Å². The number of hydrazine groups is 1. The molecule has 1 aliphatic heterocycles. The van der Waals surface area contributed by atoms with Crippen molar-refractivity contribution in [3.8, 4) is 17.2 Å². The van der Waals surface area contributed by atoms with Gasteiger partial charge in [-0.3, -0.25) is 25.2 Å². The Balaban J connectivity index is 1.54. The average Bonchev–Trinajstić information content (AvgIpc) is 2.76. The zero-order valence-electron chi connectivity index (χ0n) is 16.7. The number of fused-ring (bicyclic) bond motifs is 1. The van der Waals surface area contributed by atoms with Crippen LogP contribution in [0.1, 0.15) is 30.1 Å². The van der Waals surface area contributed by atoms with Gasteiger partial charge in [0.2, 0.25) is 5.91 Å². The van der Waals surface area contributed by atoms with E-state index in [0.717, 1.165) is 6.42 Å². The van der Waals surface area contributed by atoms with Crippen LogP contribution in [0.15, 0.2) is 42.5 Å². The first kappa shape index (κ1) is 21.0. The number of methoxy groups -OCH3 is 1. The Labute approximate surface area is 173 Å². The fourth-order valence-corrected chi connectivity index (χ4v) is 2.79. The van der Waals surface area contributed by atoms with Crippen LogP contribution in [0.2, 0.25) is 0 Å². The largest absolute Gasteiger partial charge is 0.493 e. The Kier molecular flexibility index (Phi) is 6.74. The molecule has 0 radical (unpaired) electrons. The van der Waals surface area contributed by atoms with Crippen LogP contribution in [0.3, 0.4) is 0 Å². The predicted octanol–water partition coefficient (Wildman–Crippen LogP) is 2.03. The standard InChI is InChI=1S/C21H23N3O6/c1-3-10-29-16-9-8-13(11-17(16)28-2)20(26)24-23-19(25)12-18-21(27)22-14-6-4-5-7-15(14)30-18/h4-9,11,18H,3,10,12H2,1-2H3,(H,22,27)(H,23,25)(H,24,26)/t18-/m0/s1. The first-order chi connectivity index (χ1) is 14.5. The minimum absolute atomic E-state index is 0.256. The molecular formula is C21H23N3O6. The highest BCUT2D eigenvalue weighted by Gasteiger charge is 2.29. The lowest BCUT2D eigenvalue weighted by molar-refractivity contribution is -0.130. The summed E-state index contributed by atoms with van der Waals surface area (Å²) < 4.78 is 16.4. The van der Waals surface area contributed by atoms with Gasteiger partial charge in [-0.2, -0.15) is 0 Å². The zero-order chi connectivity index (χ0) is 21.5. The first-order valence-electron chi connectivity index (χ1n) is 9.48. The van der Waals surface area contributed by atoms with Gasteiger partial charge in [-0.25, -0.2) is 0 Å². The fourth-order valence-electron chi connectivity index (χ4n) is 2.79. The third-order valence-electron chi connectivity index (χ3n) is 4.28. The van der Waals surface area contributed by atoms with Crippen LogP contribution in [0, 0.1) is 0 Å². The van der Waals surface area contributed by atoms with Crippen LogP contribution >= 0.6 is 0 Å². The topological polar surface area (TPSA) is 115 Å². The van der Waals surface area contributed by atoms with E-state index in [2.05, 4.69) is 16.2 Å². The van der Waals surface area contributed by atoms with Gasteiger partial charge < -0.3 is 19.5 Å². The molecule has 3 amide bonds. The van der Waals surface area contributed by atoms with Crippen molar-refractivity contribution in [1.29, 1.82) is 0 Å². The van der Waals surface area contributed by atoms with Gasteiger partial charge in [-0.05, 0) is 36.8 Å². The first-order valence-corrected chi connectivity index (χ1v) is 9.48. The van der Waals surface area contributed by atoms with Gasteiger partial charge in [-0.1, -0.05) is 19.1 Å². The summed E-state index contributed by atoms with van der Waals surface area (Å²) in [5.41, 5.74) is 5.43. The van der Waals surface area contributed by atoms with Crippen molar-refractivity contribution in [2.75, 3.05) is 19.0 Å². The molecule has 0 spiro atoms. The van der Waals surface area contributed by atoms with Crippen LogP contribution < -0.4 is 30.4 Å². The van der Waals surface area contributed by atoms with Crippen molar-refractivity contribution in [2.24, 2.45) is 0 Å². The van der Waals surface area contributed by atoms with Gasteiger partial charge in [-0.15, -0.1) is 0 Å². The van der Waals surface area contributed by atoms with Crippen molar-refractivity contribution in [3.05, 3.63) is 48.0 Å². The fraction of sp³-hybridized carbons (Fsp3) is 0.286. The molecule has 9 heteroatoms. The van der Waals surface area contributed by atoms with Crippen molar-refractivity contribution >= 4 is 23.4 Å². The van der Waals surface area contributed by atoms with E-state index in [-0.39, 0.29) is 12.0 Å². The summed E-state index contributed by atoms with van der Waals surface area (Å²) in [5, 5.41) is 2.68. The molecule has 0 aliphatic carbocycles. The molecule has 3 N–H and O–H groups in total. The molecule has 1 aliphatic rings. The molecule has 0 unspecified atom stereocenters. The number of carbonyl (C=O) groups excluding carboxylic acids is 3. The smallest absolute Gasteiger partial charge is 0.269 e. The van der Waals surface area contributed by atoms with E-state index in [9.17, 15) is 14.4 Å². The molecule has 1 heterocycles. The number of anilines is 1. The second-order valence-corrected chi connectivity index (χ2v) is 6.51. The van der Waals surface area contributed by atoms with E-state index in [1.807, 2.05) is 6.92 Å². The van der Waals surface area contributed by atoms with E-state index in [1.54, 1.807) is 36.4 Å². The number of rotatable bonds is 7. The molecule has 1 atom stereocenters. The number of hydrogen-bond donors (Lipinski definition) is 3. The number of nitrogens with one attached hydrogen (secondary N) is 3. The van der Waals surface area contributed by atoms with E-state index in [4.69, 9.17) is 14.2 Å². The van der Waals surface area contributed by atoms with E-state index in [0.29, 0.717) is 29.5 Å². The van der Waals surface area contributed by atoms with Gasteiger partial charge in [0.05, 0.1) is 25.8 Å². The average molecular weight is 413 g/mol. The summed E-state index contributed by atoms with van der Waals surface area (Å²) in [6, 6.07) is 11.6. The Morgan fingerprint density at radius 1 is 1.13 bits per heavy atom. The van der Waals surface area contributed by atoms with E-state index in [1.165, 1.54) is 13.2 Å². The second-order valence-electron chi connectivity index (χ2n) is 6.51. The summed E-state index contributed by atoms with van der Waals surface area (Å²) in [4.78, 5) is 36.6. The highest BCUT2D eigenvalue weighted by Crippen LogP contribution is 2.30. The summed E-state index contributed by atoms with van der Waals surface area (Å²) >= 11 is 0. The molecule has 158 valence electrons. The molecule has 2 aromatic rings. The van der Waals surface area contributed by atoms with Crippen molar-refractivity contribution in [2.45, 2.75) is 25.9 Å². The van der Waals surface area contributed by atoms with Gasteiger partial charge in [0.15, 0.2) is 17.6 Å². The number of amides is 3.